The highest BCUT2D eigenvalue weighted by atomic mass is 16.5. The van der Waals surface area contributed by atoms with Crippen LogP contribution in [0.5, 0.6) is 5.75 Å². The summed E-state index contributed by atoms with van der Waals surface area (Å²) >= 11 is 0. The molecule has 0 aromatic carbocycles. The Morgan fingerprint density at radius 1 is 1.44 bits per heavy atom. The average molecular weight is 220 g/mol. The number of ether oxygens (including phenoxy) is 1. The molecule has 16 heavy (non-hydrogen) atoms. The first-order valence-electron chi connectivity index (χ1n) is 5.67. The van der Waals surface area contributed by atoms with Crippen LogP contribution >= 0.6 is 0 Å². The van der Waals surface area contributed by atoms with Gasteiger partial charge in [0.25, 0.3) is 0 Å². The van der Waals surface area contributed by atoms with Crippen LogP contribution in [0.2, 0.25) is 0 Å². The largest absolute Gasteiger partial charge is 0.491 e. The number of amides is 1. The Morgan fingerprint density at radius 3 is 2.94 bits per heavy atom. The molecule has 4 nitrogen and oxygen atoms in total. The van der Waals surface area contributed by atoms with Gasteiger partial charge < -0.3 is 9.64 Å². The van der Waals surface area contributed by atoms with Gasteiger partial charge >= 0.3 is 0 Å². The van der Waals surface area contributed by atoms with Gasteiger partial charge in [-0.05, 0) is 25.0 Å². The van der Waals surface area contributed by atoms with E-state index in [1.54, 1.807) is 12.4 Å². The van der Waals surface area contributed by atoms with Crippen molar-refractivity contribution in [3.63, 3.8) is 0 Å². The molecule has 0 unspecified atom stereocenters. The molecule has 1 saturated heterocycles. The van der Waals surface area contributed by atoms with Crippen LogP contribution in [0.4, 0.5) is 0 Å². The molecule has 0 bridgehead atoms. The number of hydrogen-bond acceptors (Lipinski definition) is 3. The molecule has 1 aliphatic rings. The predicted octanol–water partition coefficient (Wildman–Crippen LogP) is 1.47. The van der Waals surface area contributed by atoms with E-state index in [9.17, 15) is 4.79 Å². The summed E-state index contributed by atoms with van der Waals surface area (Å²) in [5, 5.41) is 0. The molecule has 2 rings (SSSR count). The van der Waals surface area contributed by atoms with E-state index in [4.69, 9.17) is 4.74 Å². The number of nitrogens with zero attached hydrogens (tertiary/aromatic N) is 2. The third-order valence-corrected chi connectivity index (χ3v) is 2.68. The topological polar surface area (TPSA) is 42.4 Å². The second-order valence-electron chi connectivity index (χ2n) is 3.88. The zero-order valence-electron chi connectivity index (χ0n) is 9.26. The van der Waals surface area contributed by atoms with Gasteiger partial charge in [-0.1, -0.05) is 0 Å². The van der Waals surface area contributed by atoms with Crippen molar-refractivity contribution in [2.45, 2.75) is 19.3 Å². The molecule has 2 heterocycles. The maximum atomic E-state index is 11.7. The van der Waals surface area contributed by atoms with Crippen LogP contribution in [0.15, 0.2) is 24.5 Å². The van der Waals surface area contributed by atoms with Crippen LogP contribution in [0, 0.1) is 0 Å². The summed E-state index contributed by atoms with van der Waals surface area (Å²) in [5.41, 5.74) is 0. The molecular weight excluding hydrogens is 204 g/mol. The smallest absolute Gasteiger partial charge is 0.225 e. The van der Waals surface area contributed by atoms with Crippen LogP contribution in [-0.2, 0) is 4.79 Å². The number of carbonyl (C=O) groups excluding carboxylic acids is 1. The summed E-state index contributed by atoms with van der Waals surface area (Å²) in [6, 6.07) is 3.66. The number of aromatic nitrogens is 1. The lowest BCUT2D eigenvalue weighted by Gasteiger charge is -2.15. The SMILES string of the molecule is O=C(CCOc1cccnc1)N1CCCC1. The monoisotopic (exact) mass is 220 g/mol. The van der Waals surface area contributed by atoms with Crippen LogP contribution in [0.3, 0.4) is 0 Å². The Bertz CT molecular complexity index is 334. The maximum Gasteiger partial charge on any atom is 0.225 e. The highest BCUT2D eigenvalue weighted by Crippen LogP contribution is 2.10. The van der Waals surface area contributed by atoms with E-state index in [0.29, 0.717) is 13.0 Å². The van der Waals surface area contributed by atoms with Crippen molar-refractivity contribution in [2.24, 2.45) is 0 Å². The van der Waals surface area contributed by atoms with Gasteiger partial charge in [-0.15, -0.1) is 0 Å². The van der Waals surface area contributed by atoms with Crippen molar-refractivity contribution in [1.29, 1.82) is 0 Å². The van der Waals surface area contributed by atoms with Gasteiger partial charge in [0.2, 0.25) is 5.91 Å². The fourth-order valence-corrected chi connectivity index (χ4v) is 1.81. The second kappa shape index (κ2) is 5.49. The summed E-state index contributed by atoms with van der Waals surface area (Å²) < 4.78 is 5.43. The minimum atomic E-state index is 0.196. The van der Waals surface area contributed by atoms with Gasteiger partial charge in [0.15, 0.2) is 0 Å². The van der Waals surface area contributed by atoms with Crippen LogP contribution in [0.25, 0.3) is 0 Å². The molecule has 0 N–H and O–H groups in total. The first-order chi connectivity index (χ1) is 7.86. The molecule has 0 spiro atoms. The van der Waals surface area contributed by atoms with E-state index in [2.05, 4.69) is 4.98 Å². The highest BCUT2D eigenvalue weighted by molar-refractivity contribution is 5.76. The summed E-state index contributed by atoms with van der Waals surface area (Å²) in [7, 11) is 0. The number of carbonyl (C=O) groups is 1. The third kappa shape index (κ3) is 2.95. The standard InChI is InChI=1S/C12H16N2O2/c15-12(14-7-1-2-8-14)5-9-16-11-4-3-6-13-10-11/h3-4,6,10H,1-2,5,7-9H2. The molecule has 0 saturated carbocycles. The van der Waals surface area contributed by atoms with Gasteiger partial charge in [0.1, 0.15) is 5.75 Å². The van der Waals surface area contributed by atoms with E-state index in [-0.39, 0.29) is 5.91 Å². The minimum Gasteiger partial charge on any atom is -0.491 e. The van der Waals surface area contributed by atoms with Crippen molar-refractivity contribution in [1.82, 2.24) is 9.88 Å². The molecule has 4 heteroatoms. The lowest BCUT2D eigenvalue weighted by molar-refractivity contribution is -0.130. The van der Waals surface area contributed by atoms with Gasteiger partial charge in [0.05, 0.1) is 19.2 Å². The molecule has 1 aromatic heterocycles. The molecular formula is C12H16N2O2. The molecule has 1 aromatic rings. The van der Waals surface area contributed by atoms with E-state index < -0.39 is 0 Å². The highest BCUT2D eigenvalue weighted by Gasteiger charge is 2.17. The van der Waals surface area contributed by atoms with Gasteiger partial charge in [-0.3, -0.25) is 9.78 Å². The Labute approximate surface area is 95.2 Å². The van der Waals surface area contributed by atoms with Gasteiger partial charge in [-0.25, -0.2) is 0 Å². The quantitative estimate of drug-likeness (QED) is 0.771. The fourth-order valence-electron chi connectivity index (χ4n) is 1.81. The Morgan fingerprint density at radius 2 is 2.25 bits per heavy atom. The van der Waals surface area contributed by atoms with E-state index in [1.165, 1.54) is 0 Å². The molecule has 0 radical (unpaired) electrons. The average Bonchev–Trinajstić information content (AvgIpc) is 2.84. The Kier molecular flexibility index (Phi) is 3.75. The van der Waals surface area contributed by atoms with Gasteiger partial charge in [-0.2, -0.15) is 0 Å². The molecule has 86 valence electrons. The predicted molar refractivity (Wildman–Crippen MR) is 60.2 cm³/mol. The summed E-state index contributed by atoms with van der Waals surface area (Å²) in [6.45, 7) is 2.25. The van der Waals surface area contributed by atoms with Crippen molar-refractivity contribution in [2.75, 3.05) is 19.7 Å². The van der Waals surface area contributed by atoms with Crippen LogP contribution in [-0.4, -0.2) is 35.5 Å². The molecule has 1 aliphatic heterocycles. The molecule has 0 atom stereocenters. The van der Waals surface area contributed by atoms with Crippen LogP contribution in [0.1, 0.15) is 19.3 Å². The normalized spacial score (nSPS) is 15.1. The number of hydrogen-bond donors (Lipinski definition) is 0. The van der Waals surface area contributed by atoms with Crippen molar-refractivity contribution >= 4 is 5.91 Å². The third-order valence-electron chi connectivity index (χ3n) is 2.68. The van der Waals surface area contributed by atoms with Gasteiger partial charge in [0, 0.05) is 19.3 Å². The lowest BCUT2D eigenvalue weighted by Crippen LogP contribution is -2.28. The lowest BCUT2D eigenvalue weighted by atomic mass is 10.4. The first-order valence-corrected chi connectivity index (χ1v) is 5.67. The van der Waals surface area contributed by atoms with E-state index >= 15 is 0 Å². The fraction of sp³-hybridized carbons (Fsp3) is 0.500. The summed E-state index contributed by atoms with van der Waals surface area (Å²) in [6.07, 6.45) is 6.07. The zero-order valence-corrected chi connectivity index (χ0v) is 9.26. The van der Waals surface area contributed by atoms with Crippen LogP contribution < -0.4 is 4.74 Å². The molecule has 1 amide bonds. The summed E-state index contributed by atoms with van der Waals surface area (Å²) in [4.78, 5) is 17.5. The van der Waals surface area contributed by atoms with Crippen molar-refractivity contribution in [3.8, 4) is 5.75 Å². The van der Waals surface area contributed by atoms with Crippen molar-refractivity contribution in [3.05, 3.63) is 24.5 Å². The van der Waals surface area contributed by atoms with Crippen molar-refractivity contribution < 1.29 is 9.53 Å². The Hall–Kier alpha value is -1.58. The minimum absolute atomic E-state index is 0.196. The zero-order chi connectivity index (χ0) is 11.2. The first kappa shape index (κ1) is 10.9. The number of pyridine rings is 1. The molecule has 0 aliphatic carbocycles. The summed E-state index contributed by atoms with van der Waals surface area (Å²) in [5.74, 6) is 0.915. The maximum absolute atomic E-state index is 11.7. The number of likely N-dealkylation sites (tertiary alicyclic amines) is 1. The molecule has 1 fully saturated rings. The Balaban J connectivity index is 1.70. The van der Waals surface area contributed by atoms with E-state index in [0.717, 1.165) is 31.7 Å². The van der Waals surface area contributed by atoms with E-state index in [1.807, 2.05) is 17.0 Å². The second-order valence-corrected chi connectivity index (χ2v) is 3.88. The number of rotatable bonds is 4.